The Morgan fingerprint density at radius 2 is 1.97 bits per heavy atom. The van der Waals surface area contributed by atoms with Gasteiger partial charge in [-0.3, -0.25) is 0 Å². The summed E-state index contributed by atoms with van der Waals surface area (Å²) in [6.45, 7) is 1.42. The first-order chi connectivity index (χ1) is 16.3. The highest BCUT2D eigenvalue weighted by atomic mass is 35.5. The molecule has 1 saturated heterocycles. The Balaban J connectivity index is 1.64. The van der Waals surface area contributed by atoms with Crippen molar-refractivity contribution in [2.45, 2.75) is 18.9 Å². The van der Waals surface area contributed by atoms with E-state index in [2.05, 4.69) is 20.0 Å². The van der Waals surface area contributed by atoms with Gasteiger partial charge in [-0.2, -0.15) is 0 Å². The molecular formula is C22H24ClFN4O5S. The van der Waals surface area contributed by atoms with Crippen LogP contribution in [0.25, 0.3) is 10.9 Å². The van der Waals surface area contributed by atoms with Crippen molar-refractivity contribution in [3.05, 3.63) is 47.5 Å². The fraction of sp³-hybridized carbons (Fsp3) is 0.364. The van der Waals surface area contributed by atoms with E-state index in [1.165, 1.54) is 18.5 Å². The number of ether oxygens (including phenoxy) is 3. The summed E-state index contributed by atoms with van der Waals surface area (Å²) in [6, 6.07) is 7.79. The predicted octanol–water partition coefficient (Wildman–Crippen LogP) is 3.65. The molecule has 1 aromatic heterocycles. The SMILES string of the molecule is CS(=O)(=O)NCCOc1cc2ncnc(Nc3ccc(F)c(Cl)c3)c2cc1OC1CCOCC1. The second-order valence-electron chi connectivity index (χ2n) is 7.74. The van der Waals surface area contributed by atoms with Gasteiger partial charge in [0.1, 0.15) is 30.7 Å². The molecule has 0 atom stereocenters. The van der Waals surface area contributed by atoms with Crippen LogP contribution in [-0.4, -0.2) is 57.1 Å². The van der Waals surface area contributed by atoms with Crippen molar-refractivity contribution in [3.63, 3.8) is 0 Å². The Morgan fingerprint density at radius 3 is 2.71 bits per heavy atom. The lowest BCUT2D eigenvalue weighted by molar-refractivity contribution is 0.0244. The third kappa shape index (κ3) is 6.44. The van der Waals surface area contributed by atoms with Crippen molar-refractivity contribution in [1.29, 1.82) is 0 Å². The van der Waals surface area contributed by atoms with Crippen molar-refractivity contribution >= 4 is 44.0 Å². The molecule has 0 radical (unpaired) electrons. The van der Waals surface area contributed by atoms with Crippen molar-refractivity contribution in [2.75, 3.05) is 37.9 Å². The number of sulfonamides is 1. The number of fused-ring (bicyclic) bond motifs is 1. The molecular weight excluding hydrogens is 487 g/mol. The zero-order valence-corrected chi connectivity index (χ0v) is 20.0. The van der Waals surface area contributed by atoms with Crippen molar-refractivity contribution < 1.29 is 27.0 Å². The third-order valence-electron chi connectivity index (χ3n) is 5.07. The maximum Gasteiger partial charge on any atom is 0.208 e. The molecule has 1 fully saturated rings. The standard InChI is InChI=1S/C22H24ClFN4O5S/c1-34(29,30)27-6-9-32-20-12-19-16(11-21(20)33-15-4-7-31-8-5-15)22(26-13-25-19)28-14-2-3-18(24)17(23)10-14/h2-3,10-13,15,27H,4-9H2,1H3,(H,25,26,28). The number of nitrogens with zero attached hydrogens (tertiary/aromatic N) is 2. The number of nitrogens with one attached hydrogen (secondary N) is 2. The van der Waals surface area contributed by atoms with Gasteiger partial charge in [-0.1, -0.05) is 11.6 Å². The monoisotopic (exact) mass is 510 g/mol. The molecule has 0 bridgehead atoms. The lowest BCUT2D eigenvalue weighted by Crippen LogP contribution is -2.27. The van der Waals surface area contributed by atoms with Crippen molar-refractivity contribution in [1.82, 2.24) is 14.7 Å². The molecule has 4 rings (SSSR count). The summed E-state index contributed by atoms with van der Waals surface area (Å²) in [4.78, 5) is 8.65. The average Bonchev–Trinajstić information content (AvgIpc) is 2.80. The molecule has 2 heterocycles. The Bertz CT molecular complexity index is 1270. The zero-order valence-electron chi connectivity index (χ0n) is 18.4. The topological polar surface area (TPSA) is 112 Å². The first-order valence-electron chi connectivity index (χ1n) is 10.6. The Morgan fingerprint density at radius 1 is 1.18 bits per heavy atom. The Hall–Kier alpha value is -2.73. The van der Waals surface area contributed by atoms with Gasteiger partial charge in [0.25, 0.3) is 0 Å². The Kier molecular flexibility index (Phi) is 7.67. The van der Waals surface area contributed by atoms with Gasteiger partial charge in [0.15, 0.2) is 11.5 Å². The van der Waals surface area contributed by atoms with Crippen LogP contribution in [0.2, 0.25) is 5.02 Å². The molecule has 0 spiro atoms. The maximum atomic E-state index is 13.5. The fourth-order valence-electron chi connectivity index (χ4n) is 3.44. The fourth-order valence-corrected chi connectivity index (χ4v) is 4.08. The number of aromatic nitrogens is 2. The number of anilines is 2. The van der Waals surface area contributed by atoms with Gasteiger partial charge in [-0.15, -0.1) is 0 Å². The quantitative estimate of drug-likeness (QED) is 0.419. The van der Waals surface area contributed by atoms with Gasteiger partial charge in [0, 0.05) is 36.5 Å². The summed E-state index contributed by atoms with van der Waals surface area (Å²) in [5.41, 5.74) is 1.14. The minimum absolute atomic E-state index is 0.00899. The number of halogens is 2. The summed E-state index contributed by atoms with van der Waals surface area (Å²) in [5, 5.41) is 3.79. The highest BCUT2D eigenvalue weighted by Crippen LogP contribution is 2.36. The maximum absolute atomic E-state index is 13.5. The summed E-state index contributed by atoms with van der Waals surface area (Å²) in [5.74, 6) is 0.881. The van der Waals surface area contributed by atoms with Crippen LogP contribution in [0.3, 0.4) is 0 Å². The van der Waals surface area contributed by atoms with Crippen LogP contribution in [0, 0.1) is 5.82 Å². The van der Waals surface area contributed by atoms with Crippen LogP contribution in [0.1, 0.15) is 12.8 Å². The molecule has 1 aliphatic heterocycles. The van der Waals surface area contributed by atoms with Gasteiger partial charge in [0.05, 0.1) is 30.0 Å². The molecule has 0 amide bonds. The van der Waals surface area contributed by atoms with Gasteiger partial charge >= 0.3 is 0 Å². The molecule has 182 valence electrons. The van der Waals surface area contributed by atoms with Crippen molar-refractivity contribution in [3.8, 4) is 11.5 Å². The second-order valence-corrected chi connectivity index (χ2v) is 9.98. The molecule has 3 aromatic rings. The van der Waals surface area contributed by atoms with Gasteiger partial charge in [-0.25, -0.2) is 27.5 Å². The predicted molar refractivity (Wildman–Crippen MR) is 127 cm³/mol. The molecule has 9 nitrogen and oxygen atoms in total. The van der Waals surface area contributed by atoms with E-state index in [0.717, 1.165) is 19.1 Å². The van der Waals surface area contributed by atoms with E-state index in [4.69, 9.17) is 25.8 Å². The minimum Gasteiger partial charge on any atom is -0.488 e. The van der Waals surface area contributed by atoms with Crippen LogP contribution in [0.15, 0.2) is 36.7 Å². The van der Waals surface area contributed by atoms with E-state index < -0.39 is 15.8 Å². The normalized spacial score (nSPS) is 14.8. The molecule has 0 aliphatic carbocycles. The lowest BCUT2D eigenvalue weighted by atomic mass is 10.1. The van der Waals surface area contributed by atoms with E-state index in [9.17, 15) is 12.8 Å². The first-order valence-corrected chi connectivity index (χ1v) is 12.9. The smallest absolute Gasteiger partial charge is 0.208 e. The van der Waals surface area contributed by atoms with Crippen LogP contribution in [0.4, 0.5) is 15.9 Å². The molecule has 0 saturated carbocycles. The van der Waals surface area contributed by atoms with E-state index >= 15 is 0 Å². The van der Waals surface area contributed by atoms with Crippen LogP contribution >= 0.6 is 11.6 Å². The highest BCUT2D eigenvalue weighted by molar-refractivity contribution is 7.88. The zero-order chi connectivity index (χ0) is 24.1. The summed E-state index contributed by atoms with van der Waals surface area (Å²) < 4.78 is 56.1. The van der Waals surface area contributed by atoms with Gasteiger partial charge in [-0.05, 0) is 24.3 Å². The number of hydrogen-bond acceptors (Lipinski definition) is 8. The highest BCUT2D eigenvalue weighted by Gasteiger charge is 2.20. The summed E-state index contributed by atoms with van der Waals surface area (Å²) in [7, 11) is -3.32. The van der Waals surface area contributed by atoms with Crippen LogP contribution in [0.5, 0.6) is 11.5 Å². The van der Waals surface area contributed by atoms with Crippen LogP contribution in [-0.2, 0) is 14.8 Å². The molecule has 2 N–H and O–H groups in total. The van der Waals surface area contributed by atoms with E-state index in [0.29, 0.717) is 47.1 Å². The number of benzene rings is 2. The van der Waals surface area contributed by atoms with Gasteiger partial charge in [0.2, 0.25) is 10.0 Å². The van der Waals surface area contributed by atoms with Crippen LogP contribution < -0.4 is 19.5 Å². The number of hydrogen-bond donors (Lipinski definition) is 2. The van der Waals surface area contributed by atoms with Crippen molar-refractivity contribution in [2.24, 2.45) is 0 Å². The third-order valence-corrected chi connectivity index (χ3v) is 6.09. The average molecular weight is 511 g/mol. The Labute approximate surface area is 201 Å². The number of rotatable bonds is 9. The molecule has 0 unspecified atom stereocenters. The van der Waals surface area contributed by atoms with Gasteiger partial charge < -0.3 is 19.5 Å². The molecule has 12 heteroatoms. The largest absolute Gasteiger partial charge is 0.488 e. The van der Waals surface area contributed by atoms with E-state index in [1.807, 2.05) is 0 Å². The molecule has 34 heavy (non-hydrogen) atoms. The summed E-state index contributed by atoms with van der Waals surface area (Å²) in [6.07, 6.45) is 3.89. The second kappa shape index (κ2) is 10.7. The first kappa shape index (κ1) is 24.4. The van der Waals surface area contributed by atoms with E-state index in [1.54, 1.807) is 18.2 Å². The molecule has 1 aliphatic rings. The van der Waals surface area contributed by atoms with E-state index in [-0.39, 0.29) is 24.3 Å². The summed E-state index contributed by atoms with van der Waals surface area (Å²) >= 11 is 5.90. The minimum atomic E-state index is -3.32. The molecule has 2 aromatic carbocycles. The lowest BCUT2D eigenvalue weighted by Gasteiger charge is -2.25.